The minimum atomic E-state index is -0.845. The van der Waals surface area contributed by atoms with Crippen molar-refractivity contribution < 1.29 is 14.7 Å². The molecule has 21 heavy (non-hydrogen) atoms. The summed E-state index contributed by atoms with van der Waals surface area (Å²) >= 11 is 4.63. The maximum Gasteiger partial charge on any atom is 0.303 e. The Morgan fingerprint density at radius 3 is 2.86 bits per heavy atom. The lowest BCUT2D eigenvalue weighted by molar-refractivity contribution is -0.136. The van der Waals surface area contributed by atoms with Crippen molar-refractivity contribution in [1.82, 2.24) is 4.98 Å². The number of hydrogen-bond acceptors (Lipinski definition) is 4. The van der Waals surface area contributed by atoms with Crippen molar-refractivity contribution in [3.8, 4) is 0 Å². The molecule has 2 N–H and O–H groups in total. The highest BCUT2D eigenvalue weighted by Crippen LogP contribution is 2.24. The highest BCUT2D eigenvalue weighted by molar-refractivity contribution is 9.10. The van der Waals surface area contributed by atoms with E-state index >= 15 is 0 Å². The molecule has 2 rings (SSSR count). The van der Waals surface area contributed by atoms with Gasteiger partial charge in [0.2, 0.25) is 0 Å². The maximum atomic E-state index is 12.1. The molecule has 7 heteroatoms. The Kier molecular flexibility index (Phi) is 5.08. The van der Waals surface area contributed by atoms with E-state index in [1.165, 1.54) is 11.3 Å². The second-order valence-corrected chi connectivity index (χ2v) is 6.39. The summed E-state index contributed by atoms with van der Waals surface area (Å²) in [5.74, 6) is -1.09. The Bertz CT molecular complexity index is 685. The van der Waals surface area contributed by atoms with Crippen molar-refractivity contribution in [1.29, 1.82) is 0 Å². The van der Waals surface area contributed by atoms with Crippen LogP contribution in [0.3, 0.4) is 0 Å². The number of carbonyl (C=O) groups excluding carboxylic acids is 1. The molecule has 1 amide bonds. The van der Waals surface area contributed by atoms with Gasteiger partial charge < -0.3 is 5.11 Å². The third-order valence-corrected chi connectivity index (χ3v) is 4.39. The lowest BCUT2D eigenvalue weighted by Gasteiger charge is -2.01. The van der Waals surface area contributed by atoms with Crippen LogP contribution >= 0.6 is 27.3 Å². The van der Waals surface area contributed by atoms with E-state index in [2.05, 4.69) is 26.2 Å². The molecule has 1 heterocycles. The van der Waals surface area contributed by atoms with Crippen LogP contribution in [0.15, 0.2) is 28.7 Å². The van der Waals surface area contributed by atoms with Gasteiger partial charge in [0.15, 0.2) is 5.13 Å². The molecule has 110 valence electrons. The number of hydrogen-bond donors (Lipinski definition) is 2. The predicted molar refractivity (Wildman–Crippen MR) is 84.9 cm³/mol. The minimum Gasteiger partial charge on any atom is -0.481 e. The van der Waals surface area contributed by atoms with Gasteiger partial charge in [-0.15, -0.1) is 11.3 Å². The number of halogens is 1. The number of carbonyl (C=O) groups is 2. The monoisotopic (exact) mass is 368 g/mol. The summed E-state index contributed by atoms with van der Waals surface area (Å²) in [6.07, 6.45) is 0.480. The summed E-state index contributed by atoms with van der Waals surface area (Å²) in [6.45, 7) is 1.81. The minimum absolute atomic E-state index is 0.0576. The van der Waals surface area contributed by atoms with Crippen LogP contribution in [0.4, 0.5) is 5.13 Å². The molecule has 5 nitrogen and oxygen atoms in total. The highest BCUT2D eigenvalue weighted by atomic mass is 79.9. The average Bonchev–Trinajstić information content (AvgIpc) is 2.76. The molecule has 0 spiro atoms. The van der Waals surface area contributed by atoms with Gasteiger partial charge in [-0.05, 0) is 31.5 Å². The van der Waals surface area contributed by atoms with Crippen molar-refractivity contribution in [2.75, 3.05) is 5.32 Å². The van der Waals surface area contributed by atoms with Crippen molar-refractivity contribution in [3.63, 3.8) is 0 Å². The fourth-order valence-electron chi connectivity index (χ4n) is 1.73. The number of aliphatic carboxylic acids is 1. The standard InChI is InChI=1S/C14H13BrN2O3S/c1-8-11(5-6-12(18)19)21-14(16-8)17-13(20)9-3-2-4-10(15)7-9/h2-4,7H,5-6H2,1H3,(H,18,19)(H,16,17,20). The summed E-state index contributed by atoms with van der Waals surface area (Å²) < 4.78 is 0.826. The molecule has 0 bridgehead atoms. The molecule has 0 radical (unpaired) electrons. The average molecular weight is 369 g/mol. The van der Waals surface area contributed by atoms with Crippen LogP contribution < -0.4 is 5.32 Å². The topological polar surface area (TPSA) is 79.3 Å². The van der Waals surface area contributed by atoms with E-state index in [1.54, 1.807) is 18.2 Å². The fraction of sp³-hybridized carbons (Fsp3) is 0.214. The van der Waals surface area contributed by atoms with E-state index in [0.29, 0.717) is 17.1 Å². The second kappa shape index (κ2) is 6.82. The first-order valence-electron chi connectivity index (χ1n) is 6.20. The third-order valence-electron chi connectivity index (χ3n) is 2.77. The molecule has 0 saturated heterocycles. The number of nitrogens with zero attached hydrogens (tertiary/aromatic N) is 1. The lowest BCUT2D eigenvalue weighted by atomic mass is 10.2. The predicted octanol–water partition coefficient (Wildman–Crippen LogP) is 3.48. The third kappa shape index (κ3) is 4.37. The Balaban J connectivity index is 2.08. The number of anilines is 1. The van der Waals surface area contributed by atoms with Crippen LogP contribution in [0.1, 0.15) is 27.3 Å². The Morgan fingerprint density at radius 1 is 1.43 bits per heavy atom. The fourth-order valence-corrected chi connectivity index (χ4v) is 3.09. The number of carboxylic acids is 1. The van der Waals surface area contributed by atoms with Crippen LogP contribution in [0.25, 0.3) is 0 Å². The zero-order valence-electron chi connectivity index (χ0n) is 11.2. The Hall–Kier alpha value is -1.73. The summed E-state index contributed by atoms with van der Waals surface area (Å²) in [7, 11) is 0. The van der Waals surface area contributed by atoms with Gasteiger partial charge in [0.1, 0.15) is 0 Å². The van der Waals surface area contributed by atoms with Crippen molar-refractivity contribution in [2.45, 2.75) is 19.8 Å². The molecule has 2 aromatic rings. The van der Waals surface area contributed by atoms with E-state index in [4.69, 9.17) is 5.11 Å². The molecule has 1 aromatic heterocycles. The van der Waals surface area contributed by atoms with Gasteiger partial charge in [-0.1, -0.05) is 22.0 Å². The summed E-state index contributed by atoms with van der Waals surface area (Å²) in [4.78, 5) is 27.8. The number of aromatic nitrogens is 1. The Morgan fingerprint density at radius 2 is 2.19 bits per heavy atom. The van der Waals surface area contributed by atoms with Gasteiger partial charge in [-0.25, -0.2) is 4.98 Å². The number of thiazole rings is 1. The van der Waals surface area contributed by atoms with Crippen molar-refractivity contribution in [3.05, 3.63) is 44.9 Å². The maximum absolute atomic E-state index is 12.1. The van der Waals surface area contributed by atoms with E-state index < -0.39 is 5.97 Å². The van der Waals surface area contributed by atoms with Crippen LogP contribution in [0, 0.1) is 6.92 Å². The molecule has 0 atom stereocenters. The molecule has 1 aromatic carbocycles. The van der Waals surface area contributed by atoms with Gasteiger partial charge in [-0.3, -0.25) is 14.9 Å². The van der Waals surface area contributed by atoms with Crippen molar-refractivity contribution >= 4 is 44.3 Å². The first-order chi connectivity index (χ1) is 9.95. The summed E-state index contributed by atoms with van der Waals surface area (Å²) in [6, 6.07) is 7.06. The van der Waals surface area contributed by atoms with Gasteiger partial charge in [0.05, 0.1) is 12.1 Å². The number of amides is 1. The van der Waals surface area contributed by atoms with Gasteiger partial charge >= 0.3 is 5.97 Å². The summed E-state index contributed by atoms with van der Waals surface area (Å²) in [5.41, 5.74) is 1.29. The molecular formula is C14H13BrN2O3S. The quantitative estimate of drug-likeness (QED) is 0.846. The van der Waals surface area contributed by atoms with Crippen molar-refractivity contribution in [2.24, 2.45) is 0 Å². The van der Waals surface area contributed by atoms with Crippen LogP contribution in [-0.2, 0) is 11.2 Å². The number of benzene rings is 1. The largest absolute Gasteiger partial charge is 0.481 e. The number of nitrogens with one attached hydrogen (secondary N) is 1. The number of rotatable bonds is 5. The zero-order chi connectivity index (χ0) is 15.4. The zero-order valence-corrected chi connectivity index (χ0v) is 13.6. The van der Waals surface area contributed by atoms with Crippen LogP contribution in [0.5, 0.6) is 0 Å². The van der Waals surface area contributed by atoms with Crippen LogP contribution in [-0.4, -0.2) is 22.0 Å². The normalized spacial score (nSPS) is 10.4. The molecular weight excluding hydrogens is 356 g/mol. The molecule has 0 aliphatic carbocycles. The Labute approximate surface area is 134 Å². The number of aryl methyl sites for hydroxylation is 2. The van der Waals surface area contributed by atoms with Crippen LogP contribution in [0.2, 0.25) is 0 Å². The lowest BCUT2D eigenvalue weighted by Crippen LogP contribution is -2.11. The van der Waals surface area contributed by atoms with Gasteiger partial charge in [0.25, 0.3) is 5.91 Å². The highest BCUT2D eigenvalue weighted by Gasteiger charge is 2.13. The van der Waals surface area contributed by atoms with Gasteiger partial charge in [0, 0.05) is 14.9 Å². The smallest absolute Gasteiger partial charge is 0.303 e. The van der Waals surface area contributed by atoms with E-state index in [0.717, 1.165) is 15.0 Å². The first kappa shape index (κ1) is 15.7. The molecule has 0 aliphatic rings. The molecule has 0 saturated carbocycles. The van der Waals surface area contributed by atoms with Gasteiger partial charge in [-0.2, -0.15) is 0 Å². The molecule has 0 aliphatic heterocycles. The first-order valence-corrected chi connectivity index (χ1v) is 7.81. The second-order valence-electron chi connectivity index (χ2n) is 4.39. The van der Waals surface area contributed by atoms with E-state index in [-0.39, 0.29) is 12.3 Å². The number of carboxylic acid groups (broad SMARTS) is 1. The molecule has 0 fully saturated rings. The summed E-state index contributed by atoms with van der Waals surface area (Å²) in [5, 5.41) is 11.9. The van der Waals surface area contributed by atoms with E-state index in [9.17, 15) is 9.59 Å². The SMILES string of the molecule is Cc1nc(NC(=O)c2cccc(Br)c2)sc1CCC(=O)O. The molecule has 0 unspecified atom stereocenters. The van der Waals surface area contributed by atoms with E-state index in [1.807, 2.05) is 13.0 Å².